The Kier molecular flexibility index (Phi) is 7.26. The molecule has 0 atom stereocenters. The quantitative estimate of drug-likeness (QED) is 0.140. The van der Waals surface area contributed by atoms with Gasteiger partial charge in [-0.1, -0.05) is 199 Å². The lowest BCUT2D eigenvalue weighted by atomic mass is 9.33. The topological polar surface area (TPSA) is 6.48 Å². The van der Waals surface area contributed by atoms with Crippen LogP contribution in [0.25, 0.3) is 22.3 Å². The van der Waals surface area contributed by atoms with Gasteiger partial charge in [0, 0.05) is 28.4 Å². The summed E-state index contributed by atoms with van der Waals surface area (Å²) in [5.74, 6) is 0. The molecule has 0 unspecified atom stereocenters. The van der Waals surface area contributed by atoms with Crippen molar-refractivity contribution in [1.29, 1.82) is 0 Å². The summed E-state index contributed by atoms with van der Waals surface area (Å²) in [4.78, 5) is 5.38. The molecule has 9 aromatic rings. The van der Waals surface area contributed by atoms with Gasteiger partial charge in [0.2, 0.25) is 0 Å². The summed E-state index contributed by atoms with van der Waals surface area (Å²) in [6.07, 6.45) is 0. The number of rotatable bonds is 0. The fourth-order valence-corrected chi connectivity index (χ4v) is 19.8. The van der Waals surface area contributed by atoms with E-state index in [1.807, 2.05) is 0 Å². The highest BCUT2D eigenvalue weighted by Gasteiger charge is 2.59. The minimum absolute atomic E-state index is 0.00728. The van der Waals surface area contributed by atoms with Crippen LogP contribution in [0.4, 0.5) is 34.1 Å². The molecule has 324 valence electrons. The van der Waals surface area contributed by atoms with Crippen molar-refractivity contribution < 1.29 is 0 Å². The number of hydrogen-bond acceptors (Lipinski definition) is 2. The van der Waals surface area contributed by atoms with E-state index >= 15 is 0 Å². The molecule has 2 nitrogen and oxygen atoms in total. The van der Waals surface area contributed by atoms with Crippen molar-refractivity contribution in [2.24, 2.45) is 0 Å². The predicted octanol–water partition coefficient (Wildman–Crippen LogP) is 11.0. The van der Waals surface area contributed by atoms with Gasteiger partial charge < -0.3 is 9.80 Å². The van der Waals surface area contributed by atoms with Crippen molar-refractivity contribution in [2.45, 2.75) is 64.7 Å². The maximum atomic E-state index is 2.69. The van der Waals surface area contributed by atoms with Crippen molar-refractivity contribution >= 4 is 86.0 Å². The number of hydrogen-bond donors (Lipinski definition) is 0. The minimum atomic E-state index is -2.78. The second-order valence-corrected chi connectivity index (χ2v) is 26.1. The molecule has 0 bridgehead atoms. The van der Waals surface area contributed by atoms with Crippen LogP contribution >= 0.6 is 0 Å². The minimum Gasteiger partial charge on any atom is -0.312 e. The number of anilines is 6. The van der Waals surface area contributed by atoms with Crippen molar-refractivity contribution in [3.8, 4) is 22.3 Å². The van der Waals surface area contributed by atoms with Crippen LogP contribution in [0.1, 0.15) is 80.5 Å². The second kappa shape index (κ2) is 12.7. The molecule has 0 saturated heterocycles. The van der Waals surface area contributed by atoms with Gasteiger partial charge in [0.25, 0.3) is 6.71 Å². The summed E-state index contributed by atoms with van der Waals surface area (Å²) >= 11 is 0. The molecule has 5 heterocycles. The Balaban J connectivity index is 1.07. The highest BCUT2D eigenvalue weighted by atomic mass is 28.3. The highest BCUT2D eigenvalue weighted by Crippen LogP contribution is 2.64. The molecule has 4 heteroatoms. The maximum absolute atomic E-state index is 2.78. The first-order chi connectivity index (χ1) is 32.9. The number of benzene rings is 9. The zero-order valence-corrected chi connectivity index (χ0v) is 40.8. The van der Waals surface area contributed by atoms with E-state index in [4.69, 9.17) is 0 Å². The van der Waals surface area contributed by atoms with Gasteiger partial charge in [-0.2, -0.15) is 0 Å². The molecule has 0 aromatic heterocycles. The smallest absolute Gasteiger partial charge is 0.252 e. The zero-order chi connectivity index (χ0) is 45.8. The first-order valence-electron chi connectivity index (χ1n) is 24.6. The Hall–Kier alpha value is -7.14. The van der Waals surface area contributed by atoms with Crippen LogP contribution in [0.15, 0.2) is 182 Å². The first-order valence-corrected chi connectivity index (χ1v) is 26.6. The van der Waals surface area contributed by atoms with Crippen LogP contribution in [-0.4, -0.2) is 14.8 Å². The van der Waals surface area contributed by atoms with Gasteiger partial charge in [-0.3, -0.25) is 0 Å². The fraction of sp³-hybridized carbons (Fsp3) is 0.156. The fourth-order valence-electron chi connectivity index (χ4n) is 14.3. The van der Waals surface area contributed by atoms with Crippen molar-refractivity contribution in [3.63, 3.8) is 0 Å². The Morgan fingerprint density at radius 1 is 0.397 bits per heavy atom. The summed E-state index contributed by atoms with van der Waals surface area (Å²) < 4.78 is 0. The van der Waals surface area contributed by atoms with Crippen molar-refractivity contribution in [2.75, 3.05) is 9.80 Å². The van der Waals surface area contributed by atoms with Gasteiger partial charge in [0.15, 0.2) is 8.07 Å². The number of fused-ring (bicyclic) bond motifs is 22. The molecule has 0 N–H and O–H groups in total. The SMILES string of the molecule is Cc1cc2c3c(c1)N1c4ccccc4[Si]4(c5ccccc5-c5ccccc54)c4cccc(c41)B3c1cccc3c1N2c1ccccc1C31c2ccc(C(C)(C)C)cc2-c2cc(C(C)(C)C)ccc21. The largest absolute Gasteiger partial charge is 0.312 e. The van der Waals surface area contributed by atoms with Crippen LogP contribution in [0, 0.1) is 6.92 Å². The van der Waals surface area contributed by atoms with Crippen LogP contribution in [-0.2, 0) is 16.2 Å². The summed E-state index contributed by atoms with van der Waals surface area (Å²) in [6, 6.07) is 72.2. The molecule has 0 saturated carbocycles. The molecule has 0 fully saturated rings. The lowest BCUT2D eigenvalue weighted by Crippen LogP contribution is -2.77. The third-order valence-corrected chi connectivity index (χ3v) is 21.9. The van der Waals surface area contributed by atoms with Crippen LogP contribution in [0.2, 0.25) is 0 Å². The maximum Gasteiger partial charge on any atom is 0.252 e. The standard InChI is InChI=1S/C64H51BN2Si/c1-38-34-53-59-54(35-38)67-52-25-12-15-28-57(52)68(55-26-13-8-18-41(55)42-19-9-14-27-56(42)68)58-29-17-23-50(61(58)67)65(59)49-22-16-21-48-60(49)66(53)51-24-11-10-20-47(51)64(48)45-32-30-39(62(2,3)4)36-43(45)44-37-40(63(5,6)7)31-33-46(44)64/h8-37H,1-7H3. The van der Waals surface area contributed by atoms with Gasteiger partial charge >= 0.3 is 0 Å². The molecule has 15 rings (SSSR count). The molecule has 1 aliphatic carbocycles. The average molecular weight is 887 g/mol. The zero-order valence-electron chi connectivity index (χ0n) is 39.8. The molecule has 0 radical (unpaired) electrons. The lowest BCUT2D eigenvalue weighted by Gasteiger charge is -2.52. The van der Waals surface area contributed by atoms with E-state index in [-0.39, 0.29) is 17.5 Å². The Morgan fingerprint density at radius 2 is 0.882 bits per heavy atom. The lowest BCUT2D eigenvalue weighted by molar-refractivity contribution is 0.589. The Labute approximate surface area is 401 Å². The van der Waals surface area contributed by atoms with Gasteiger partial charge in [-0.05, 0) is 140 Å². The van der Waals surface area contributed by atoms with Crippen LogP contribution in [0.3, 0.4) is 0 Å². The first kappa shape index (κ1) is 38.9. The predicted molar refractivity (Wildman–Crippen MR) is 290 cm³/mol. The van der Waals surface area contributed by atoms with Crippen LogP contribution in [0.5, 0.6) is 0 Å². The van der Waals surface area contributed by atoms with E-state index < -0.39 is 13.5 Å². The molecule has 6 aliphatic rings. The monoisotopic (exact) mass is 886 g/mol. The molecular weight excluding hydrogens is 836 g/mol. The molecule has 5 aliphatic heterocycles. The third kappa shape index (κ3) is 4.43. The molecule has 68 heavy (non-hydrogen) atoms. The Bertz CT molecular complexity index is 3660. The Morgan fingerprint density at radius 3 is 1.50 bits per heavy atom. The summed E-state index contributed by atoms with van der Waals surface area (Å²) in [5, 5.41) is 5.98. The molecule has 0 amide bonds. The highest BCUT2D eigenvalue weighted by molar-refractivity contribution is 7.24. The van der Waals surface area contributed by atoms with E-state index in [9.17, 15) is 0 Å². The van der Waals surface area contributed by atoms with E-state index in [0.29, 0.717) is 0 Å². The average Bonchev–Trinajstić information content (AvgIpc) is 3.80. The third-order valence-electron chi connectivity index (χ3n) is 17.0. The van der Waals surface area contributed by atoms with E-state index in [1.165, 1.54) is 132 Å². The number of para-hydroxylation sites is 4. The van der Waals surface area contributed by atoms with E-state index in [2.05, 4.69) is 240 Å². The summed E-state index contributed by atoms with van der Waals surface area (Å²) in [7, 11) is -2.78. The van der Waals surface area contributed by atoms with Crippen molar-refractivity contribution in [3.05, 3.63) is 221 Å². The van der Waals surface area contributed by atoms with Crippen molar-refractivity contribution in [1.82, 2.24) is 0 Å². The molecule has 2 spiro atoms. The number of aryl methyl sites for hydroxylation is 1. The normalized spacial score (nSPS) is 16.0. The van der Waals surface area contributed by atoms with Crippen LogP contribution < -0.4 is 46.9 Å². The van der Waals surface area contributed by atoms with Gasteiger partial charge in [-0.15, -0.1) is 0 Å². The summed E-state index contributed by atoms with van der Waals surface area (Å²) in [6.45, 7) is 16.4. The van der Waals surface area contributed by atoms with Gasteiger partial charge in [-0.25, -0.2) is 0 Å². The van der Waals surface area contributed by atoms with Gasteiger partial charge in [0.05, 0.1) is 11.1 Å². The number of nitrogens with zero attached hydrogens (tertiary/aromatic N) is 2. The van der Waals surface area contributed by atoms with E-state index in [1.54, 1.807) is 0 Å². The van der Waals surface area contributed by atoms with E-state index in [0.717, 1.165) is 0 Å². The summed E-state index contributed by atoms with van der Waals surface area (Å²) in [5.41, 5.74) is 26.6. The van der Waals surface area contributed by atoms with Gasteiger partial charge in [0.1, 0.15) is 0 Å². The molecular formula is C64H51BN2Si. The molecule has 9 aromatic carbocycles. The second-order valence-electron chi connectivity index (χ2n) is 22.5.